The molecule has 1 atom stereocenters. The van der Waals surface area contributed by atoms with Gasteiger partial charge in [0, 0.05) is 11.6 Å². The summed E-state index contributed by atoms with van der Waals surface area (Å²) in [5.41, 5.74) is 8.57. The summed E-state index contributed by atoms with van der Waals surface area (Å²) in [5, 5.41) is 19.0. The Labute approximate surface area is 139 Å². The van der Waals surface area contributed by atoms with E-state index >= 15 is 0 Å². The van der Waals surface area contributed by atoms with Crippen molar-refractivity contribution in [3.63, 3.8) is 0 Å². The maximum Gasteiger partial charge on any atom is 0.235 e. The molecule has 0 saturated carbocycles. The molecular formula is C18H19N3O3. The Bertz CT molecular complexity index is 931. The lowest BCUT2D eigenvalue weighted by molar-refractivity contribution is 0.0847. The smallest absolute Gasteiger partial charge is 0.235 e. The van der Waals surface area contributed by atoms with Gasteiger partial charge in [0.2, 0.25) is 5.91 Å². The van der Waals surface area contributed by atoms with Crippen LogP contribution in [0.3, 0.4) is 0 Å². The molecule has 0 spiro atoms. The largest absolute Gasteiger partial charge is 0.504 e. The van der Waals surface area contributed by atoms with E-state index in [1.165, 1.54) is 12.1 Å². The van der Waals surface area contributed by atoms with Crippen molar-refractivity contribution in [2.75, 3.05) is 5.73 Å². The average molecular weight is 325 g/mol. The van der Waals surface area contributed by atoms with E-state index in [0.29, 0.717) is 23.4 Å². The number of nitrogens with two attached hydrogens (primary N) is 1. The van der Waals surface area contributed by atoms with Crippen LogP contribution >= 0.6 is 0 Å². The number of phenols is 2. The van der Waals surface area contributed by atoms with Crippen molar-refractivity contribution >= 4 is 22.6 Å². The second-order valence-electron chi connectivity index (χ2n) is 6.01. The van der Waals surface area contributed by atoms with Gasteiger partial charge in [0.05, 0.1) is 11.0 Å². The summed E-state index contributed by atoms with van der Waals surface area (Å²) in [6.45, 7) is 3.61. The van der Waals surface area contributed by atoms with Crippen LogP contribution in [0.25, 0.3) is 11.0 Å². The fraction of sp³-hybridized carbons (Fsp3) is 0.222. The molecule has 0 saturated heterocycles. The molecule has 6 nitrogen and oxygen atoms in total. The molecule has 0 fully saturated rings. The van der Waals surface area contributed by atoms with Crippen molar-refractivity contribution in [1.29, 1.82) is 0 Å². The van der Waals surface area contributed by atoms with E-state index in [1.54, 1.807) is 35.8 Å². The quantitative estimate of drug-likeness (QED) is 0.508. The van der Waals surface area contributed by atoms with Crippen molar-refractivity contribution in [3.05, 3.63) is 47.8 Å². The molecule has 1 aromatic heterocycles. The highest BCUT2D eigenvalue weighted by molar-refractivity contribution is 5.93. The Morgan fingerprint density at radius 3 is 2.67 bits per heavy atom. The van der Waals surface area contributed by atoms with E-state index in [0.717, 1.165) is 11.1 Å². The third kappa shape index (κ3) is 2.78. The van der Waals surface area contributed by atoms with Crippen LogP contribution in [0.2, 0.25) is 0 Å². The van der Waals surface area contributed by atoms with Gasteiger partial charge in [0.25, 0.3) is 0 Å². The molecule has 6 heteroatoms. The molecule has 0 aliphatic carbocycles. The first-order chi connectivity index (χ1) is 11.4. The zero-order valence-electron chi connectivity index (χ0n) is 13.5. The molecule has 124 valence electrons. The van der Waals surface area contributed by atoms with Gasteiger partial charge in [-0.3, -0.25) is 9.36 Å². The molecule has 1 heterocycles. The van der Waals surface area contributed by atoms with E-state index in [-0.39, 0.29) is 23.3 Å². The van der Waals surface area contributed by atoms with Crippen LogP contribution in [0.1, 0.15) is 23.1 Å². The number of nitrogen functional groups attached to an aromatic ring is 1. The highest BCUT2D eigenvalue weighted by atomic mass is 16.3. The number of phenolic OH excluding ortho intramolecular Hbond substituents is 2. The van der Waals surface area contributed by atoms with Crippen LogP contribution in [0.4, 0.5) is 5.69 Å². The molecular weight excluding hydrogens is 306 g/mol. The van der Waals surface area contributed by atoms with E-state index in [2.05, 4.69) is 4.98 Å². The number of rotatable bonds is 3. The fourth-order valence-corrected chi connectivity index (χ4v) is 2.85. The predicted molar refractivity (Wildman–Crippen MR) is 92.1 cm³/mol. The molecule has 3 rings (SSSR count). The second kappa shape index (κ2) is 5.88. The summed E-state index contributed by atoms with van der Waals surface area (Å²) >= 11 is 0. The minimum atomic E-state index is -0.317. The number of aromatic hydroxyl groups is 2. The van der Waals surface area contributed by atoms with E-state index < -0.39 is 0 Å². The molecule has 3 aromatic rings. The van der Waals surface area contributed by atoms with Crippen molar-refractivity contribution in [1.82, 2.24) is 9.55 Å². The molecule has 2 aromatic carbocycles. The first-order valence-electron chi connectivity index (χ1n) is 7.66. The Morgan fingerprint density at radius 1 is 1.21 bits per heavy atom. The third-order valence-corrected chi connectivity index (χ3v) is 4.07. The molecule has 0 bridgehead atoms. The second-order valence-corrected chi connectivity index (χ2v) is 6.01. The molecule has 4 N–H and O–H groups in total. The van der Waals surface area contributed by atoms with E-state index in [4.69, 9.17) is 5.73 Å². The standard InChI is InChI=1S/C18H19N3O3/c1-10(7-12-3-6-16(22)17(23)8-12)18(24)21-11(2)20-14-9-13(19)4-5-15(14)21/h3-6,8-10,22-23H,7,19H2,1-2H3. The average Bonchev–Trinajstić information content (AvgIpc) is 2.85. The lowest BCUT2D eigenvalue weighted by Gasteiger charge is -2.13. The summed E-state index contributed by atoms with van der Waals surface area (Å²) in [5.74, 6) is -0.144. The molecule has 0 radical (unpaired) electrons. The van der Waals surface area contributed by atoms with Gasteiger partial charge in [0.15, 0.2) is 11.5 Å². The lowest BCUT2D eigenvalue weighted by atomic mass is 9.99. The summed E-state index contributed by atoms with van der Waals surface area (Å²) in [6, 6.07) is 9.87. The normalized spacial score (nSPS) is 12.4. The summed E-state index contributed by atoms with van der Waals surface area (Å²) in [4.78, 5) is 17.3. The maximum absolute atomic E-state index is 12.9. The van der Waals surface area contributed by atoms with Crippen LogP contribution < -0.4 is 5.73 Å². The van der Waals surface area contributed by atoms with Crippen LogP contribution in [0, 0.1) is 12.8 Å². The van der Waals surface area contributed by atoms with Crippen LogP contribution in [0.15, 0.2) is 36.4 Å². The Balaban J connectivity index is 1.90. The van der Waals surface area contributed by atoms with E-state index in [9.17, 15) is 15.0 Å². The third-order valence-electron chi connectivity index (χ3n) is 4.07. The maximum atomic E-state index is 12.9. The summed E-state index contributed by atoms with van der Waals surface area (Å²) in [7, 11) is 0. The molecule has 1 unspecified atom stereocenters. The molecule has 0 amide bonds. The van der Waals surface area contributed by atoms with Gasteiger partial charge in [-0.1, -0.05) is 13.0 Å². The van der Waals surface area contributed by atoms with Gasteiger partial charge < -0.3 is 15.9 Å². The number of fused-ring (bicyclic) bond motifs is 1. The monoisotopic (exact) mass is 325 g/mol. The number of anilines is 1. The number of carbonyl (C=O) groups is 1. The van der Waals surface area contributed by atoms with Crippen molar-refractivity contribution in [2.45, 2.75) is 20.3 Å². The SMILES string of the molecule is Cc1nc2cc(N)ccc2n1C(=O)C(C)Cc1ccc(O)c(O)c1. The Hall–Kier alpha value is -3.02. The first-order valence-corrected chi connectivity index (χ1v) is 7.66. The van der Waals surface area contributed by atoms with Crippen molar-refractivity contribution in [2.24, 2.45) is 5.92 Å². The zero-order chi connectivity index (χ0) is 17.4. The number of aryl methyl sites for hydroxylation is 1. The van der Waals surface area contributed by atoms with Gasteiger partial charge in [-0.05, 0) is 49.2 Å². The van der Waals surface area contributed by atoms with Gasteiger partial charge in [-0.2, -0.15) is 0 Å². The van der Waals surface area contributed by atoms with Crippen molar-refractivity contribution in [3.8, 4) is 11.5 Å². The highest BCUT2D eigenvalue weighted by Crippen LogP contribution is 2.27. The minimum absolute atomic E-state index is 0.0765. The summed E-state index contributed by atoms with van der Waals surface area (Å²) in [6.07, 6.45) is 0.445. The number of hydrogen-bond donors (Lipinski definition) is 3. The Kier molecular flexibility index (Phi) is 3.89. The van der Waals surface area contributed by atoms with E-state index in [1.807, 2.05) is 6.92 Å². The molecule has 0 aliphatic rings. The van der Waals surface area contributed by atoms with Crippen molar-refractivity contribution < 1.29 is 15.0 Å². The number of aromatic nitrogens is 2. The minimum Gasteiger partial charge on any atom is -0.504 e. The predicted octanol–water partition coefficient (Wildman–Crippen LogP) is 2.86. The van der Waals surface area contributed by atoms with Crippen LogP contribution in [0.5, 0.6) is 11.5 Å². The van der Waals surface area contributed by atoms with Gasteiger partial charge >= 0.3 is 0 Å². The lowest BCUT2D eigenvalue weighted by Crippen LogP contribution is -2.22. The van der Waals surface area contributed by atoms with Gasteiger partial charge in [-0.25, -0.2) is 4.98 Å². The number of benzene rings is 2. The van der Waals surface area contributed by atoms with Crippen LogP contribution in [-0.4, -0.2) is 25.7 Å². The number of nitrogens with zero attached hydrogens (tertiary/aromatic N) is 2. The summed E-state index contributed by atoms with van der Waals surface area (Å²) < 4.78 is 1.60. The topological polar surface area (TPSA) is 101 Å². The number of imidazole rings is 1. The zero-order valence-corrected chi connectivity index (χ0v) is 13.5. The first kappa shape index (κ1) is 15.9. The van der Waals surface area contributed by atoms with Gasteiger partial charge in [0.1, 0.15) is 5.82 Å². The number of carbonyl (C=O) groups excluding carboxylic acids is 1. The molecule has 0 aliphatic heterocycles. The van der Waals surface area contributed by atoms with Gasteiger partial charge in [-0.15, -0.1) is 0 Å². The highest BCUT2D eigenvalue weighted by Gasteiger charge is 2.21. The fourth-order valence-electron chi connectivity index (χ4n) is 2.85. The van der Waals surface area contributed by atoms with Crippen LogP contribution in [-0.2, 0) is 6.42 Å². The number of hydrogen-bond acceptors (Lipinski definition) is 5. The Morgan fingerprint density at radius 2 is 1.96 bits per heavy atom. The molecule has 24 heavy (non-hydrogen) atoms.